The van der Waals surface area contributed by atoms with Gasteiger partial charge < -0.3 is 14.8 Å². The summed E-state index contributed by atoms with van der Waals surface area (Å²) in [5, 5.41) is 2.98. The molecule has 0 spiro atoms. The van der Waals surface area contributed by atoms with Crippen molar-refractivity contribution >= 4 is 38.9 Å². The van der Waals surface area contributed by atoms with E-state index < -0.39 is 16.3 Å². The van der Waals surface area contributed by atoms with Crippen LogP contribution >= 0.6 is 11.6 Å². The molecule has 1 heterocycles. The van der Waals surface area contributed by atoms with E-state index in [1.54, 1.807) is 43.3 Å². The maximum absolute atomic E-state index is 12.8. The van der Waals surface area contributed by atoms with E-state index in [1.165, 1.54) is 6.07 Å². The number of aryl methyl sites for hydroxylation is 1. The van der Waals surface area contributed by atoms with Crippen molar-refractivity contribution in [3.63, 3.8) is 0 Å². The highest BCUT2D eigenvalue weighted by molar-refractivity contribution is 7.92. The molecule has 0 unspecified atom stereocenters. The molecule has 1 aliphatic rings. The van der Waals surface area contributed by atoms with Crippen LogP contribution in [0.4, 0.5) is 11.4 Å². The summed E-state index contributed by atoms with van der Waals surface area (Å²) >= 11 is 6.04. The van der Waals surface area contributed by atoms with Crippen LogP contribution < -0.4 is 10.0 Å². The number of hydrogen-bond acceptors (Lipinski definition) is 5. The molecule has 2 aromatic carbocycles. The van der Waals surface area contributed by atoms with Crippen molar-refractivity contribution in [2.24, 2.45) is 0 Å². The SMILES string of the molecule is Cc1ccc(NC(=O)CC2OCCCO2)cc1S(=O)(=O)Nc1ccccc1Cl. The van der Waals surface area contributed by atoms with E-state index >= 15 is 0 Å². The molecule has 2 N–H and O–H groups in total. The number of hydrogen-bond donors (Lipinski definition) is 2. The smallest absolute Gasteiger partial charge is 0.262 e. The van der Waals surface area contributed by atoms with E-state index in [-0.39, 0.29) is 22.9 Å². The standard InChI is InChI=1S/C19H21ClN2O5S/c1-13-7-8-14(21-18(23)12-19-26-9-4-10-27-19)11-17(13)28(24,25)22-16-6-3-2-5-15(16)20/h2-3,5-8,11,19,22H,4,9-10,12H2,1H3,(H,21,23). The fraction of sp³-hybridized carbons (Fsp3) is 0.316. The number of ether oxygens (including phenoxy) is 2. The van der Waals surface area contributed by atoms with Crippen LogP contribution in [0.1, 0.15) is 18.4 Å². The Morgan fingerprint density at radius 1 is 1.18 bits per heavy atom. The molecule has 9 heteroatoms. The van der Waals surface area contributed by atoms with Crippen molar-refractivity contribution in [3.8, 4) is 0 Å². The molecule has 3 rings (SSSR count). The summed E-state index contributed by atoms with van der Waals surface area (Å²) in [7, 11) is -3.89. The normalized spacial score (nSPS) is 15.2. The van der Waals surface area contributed by atoms with Crippen LogP contribution in [-0.4, -0.2) is 33.8 Å². The van der Waals surface area contributed by atoms with Crippen LogP contribution in [0.15, 0.2) is 47.4 Å². The minimum absolute atomic E-state index is 0.0355. The highest BCUT2D eigenvalue weighted by Crippen LogP contribution is 2.27. The molecule has 0 saturated carbocycles. The molecule has 0 atom stereocenters. The Morgan fingerprint density at radius 3 is 2.61 bits per heavy atom. The first kappa shape index (κ1) is 20.6. The lowest BCUT2D eigenvalue weighted by Gasteiger charge is -2.22. The van der Waals surface area contributed by atoms with E-state index in [0.29, 0.717) is 29.5 Å². The summed E-state index contributed by atoms with van der Waals surface area (Å²) < 4.78 is 38.8. The summed E-state index contributed by atoms with van der Waals surface area (Å²) in [4.78, 5) is 12.3. The van der Waals surface area contributed by atoms with Crippen molar-refractivity contribution in [1.82, 2.24) is 0 Å². The van der Waals surface area contributed by atoms with Crippen LogP contribution in [0.2, 0.25) is 5.02 Å². The maximum atomic E-state index is 12.8. The molecular formula is C19H21ClN2O5S. The number of anilines is 2. The van der Waals surface area contributed by atoms with Crippen molar-refractivity contribution in [3.05, 3.63) is 53.1 Å². The Morgan fingerprint density at radius 2 is 1.89 bits per heavy atom. The first-order chi connectivity index (χ1) is 13.3. The van der Waals surface area contributed by atoms with Gasteiger partial charge in [-0.15, -0.1) is 0 Å². The average Bonchev–Trinajstić information content (AvgIpc) is 2.66. The number of sulfonamides is 1. The second-order valence-corrected chi connectivity index (χ2v) is 8.40. The second-order valence-electron chi connectivity index (χ2n) is 6.34. The summed E-state index contributed by atoms with van der Waals surface area (Å²) in [6.07, 6.45) is 0.258. The Labute approximate surface area is 169 Å². The lowest BCUT2D eigenvalue weighted by Crippen LogP contribution is -2.29. The van der Waals surface area contributed by atoms with Crippen molar-refractivity contribution in [1.29, 1.82) is 0 Å². The number of carbonyl (C=O) groups is 1. The Balaban J connectivity index is 1.75. The maximum Gasteiger partial charge on any atom is 0.262 e. The fourth-order valence-electron chi connectivity index (χ4n) is 2.73. The molecule has 1 amide bonds. The predicted octanol–water partition coefficient (Wildman–Crippen LogP) is 3.54. The third kappa shape index (κ3) is 5.23. The van der Waals surface area contributed by atoms with Gasteiger partial charge in [-0.3, -0.25) is 9.52 Å². The summed E-state index contributed by atoms with van der Waals surface area (Å²) in [5.74, 6) is -0.321. The topological polar surface area (TPSA) is 93.7 Å². The minimum Gasteiger partial charge on any atom is -0.352 e. The summed E-state index contributed by atoms with van der Waals surface area (Å²) in [6.45, 7) is 2.79. The molecule has 0 radical (unpaired) electrons. The van der Waals surface area contributed by atoms with Gasteiger partial charge in [0.1, 0.15) is 0 Å². The Kier molecular flexibility index (Phi) is 6.56. The van der Waals surface area contributed by atoms with Gasteiger partial charge in [-0.1, -0.05) is 29.8 Å². The number of halogens is 1. The fourth-order valence-corrected chi connectivity index (χ4v) is 4.32. The van der Waals surface area contributed by atoms with Crippen LogP contribution in [0.25, 0.3) is 0 Å². The molecule has 0 bridgehead atoms. The third-order valence-electron chi connectivity index (χ3n) is 4.13. The van der Waals surface area contributed by atoms with E-state index in [9.17, 15) is 13.2 Å². The third-order valence-corrected chi connectivity index (χ3v) is 5.96. The Hall–Kier alpha value is -2.13. The molecular weight excluding hydrogens is 404 g/mol. The molecule has 150 valence electrons. The van der Waals surface area contributed by atoms with Crippen molar-refractivity contribution < 1.29 is 22.7 Å². The van der Waals surface area contributed by atoms with Gasteiger partial charge in [0.2, 0.25) is 5.91 Å². The largest absolute Gasteiger partial charge is 0.352 e. The number of nitrogens with one attached hydrogen (secondary N) is 2. The Bertz CT molecular complexity index is 959. The molecule has 1 saturated heterocycles. The van der Waals surface area contributed by atoms with Gasteiger partial charge >= 0.3 is 0 Å². The quantitative estimate of drug-likeness (QED) is 0.739. The minimum atomic E-state index is -3.89. The molecule has 0 aromatic heterocycles. The van der Waals surface area contributed by atoms with Gasteiger partial charge in [-0.05, 0) is 43.2 Å². The average molecular weight is 425 g/mol. The van der Waals surface area contributed by atoms with E-state index in [4.69, 9.17) is 21.1 Å². The zero-order valence-corrected chi connectivity index (χ0v) is 16.8. The molecule has 1 aliphatic heterocycles. The van der Waals surface area contributed by atoms with Gasteiger partial charge in [0.25, 0.3) is 10.0 Å². The number of carbonyl (C=O) groups excluding carboxylic acids is 1. The van der Waals surface area contributed by atoms with Crippen LogP contribution in [0.3, 0.4) is 0 Å². The number of amides is 1. The zero-order valence-electron chi connectivity index (χ0n) is 15.3. The van der Waals surface area contributed by atoms with Crippen LogP contribution in [-0.2, 0) is 24.3 Å². The van der Waals surface area contributed by atoms with Crippen molar-refractivity contribution in [2.75, 3.05) is 23.3 Å². The van der Waals surface area contributed by atoms with E-state index in [0.717, 1.165) is 6.42 Å². The second kappa shape index (κ2) is 8.91. The number of benzene rings is 2. The molecule has 7 nitrogen and oxygen atoms in total. The first-order valence-electron chi connectivity index (χ1n) is 8.76. The lowest BCUT2D eigenvalue weighted by atomic mass is 10.2. The van der Waals surface area contributed by atoms with Gasteiger partial charge in [0.15, 0.2) is 6.29 Å². The highest BCUT2D eigenvalue weighted by atomic mass is 35.5. The van der Waals surface area contributed by atoms with Crippen LogP contribution in [0, 0.1) is 6.92 Å². The lowest BCUT2D eigenvalue weighted by molar-refractivity contribution is -0.182. The van der Waals surface area contributed by atoms with E-state index in [2.05, 4.69) is 10.0 Å². The predicted molar refractivity (Wildman–Crippen MR) is 107 cm³/mol. The van der Waals surface area contributed by atoms with Gasteiger partial charge in [0.05, 0.1) is 35.2 Å². The van der Waals surface area contributed by atoms with Gasteiger partial charge in [-0.2, -0.15) is 0 Å². The van der Waals surface area contributed by atoms with E-state index in [1.807, 2.05) is 0 Å². The van der Waals surface area contributed by atoms with Gasteiger partial charge in [0, 0.05) is 5.69 Å². The summed E-state index contributed by atoms with van der Waals surface area (Å²) in [5.41, 5.74) is 1.19. The van der Waals surface area contributed by atoms with Crippen LogP contribution in [0.5, 0.6) is 0 Å². The highest BCUT2D eigenvalue weighted by Gasteiger charge is 2.21. The zero-order chi connectivity index (χ0) is 20.1. The number of para-hydroxylation sites is 1. The first-order valence-corrected chi connectivity index (χ1v) is 10.6. The summed E-state index contributed by atoms with van der Waals surface area (Å²) in [6, 6.07) is 11.2. The molecule has 28 heavy (non-hydrogen) atoms. The number of rotatable bonds is 6. The molecule has 2 aromatic rings. The van der Waals surface area contributed by atoms with Crippen molar-refractivity contribution in [2.45, 2.75) is 31.0 Å². The molecule has 1 fully saturated rings. The molecule has 0 aliphatic carbocycles. The monoisotopic (exact) mass is 424 g/mol. The van der Waals surface area contributed by atoms with Gasteiger partial charge in [-0.25, -0.2) is 8.42 Å².